The van der Waals surface area contributed by atoms with Crippen molar-refractivity contribution in [3.63, 3.8) is 0 Å². The lowest BCUT2D eigenvalue weighted by atomic mass is 10.3. The van der Waals surface area contributed by atoms with E-state index in [-0.39, 0.29) is 10.9 Å². The molecule has 0 spiro atoms. The van der Waals surface area contributed by atoms with Gasteiger partial charge in [0, 0.05) is 11.6 Å². The molecule has 1 saturated carbocycles. The highest BCUT2D eigenvalue weighted by molar-refractivity contribution is 7.18. The number of hydrogen-bond acceptors (Lipinski definition) is 5. The molecule has 0 aliphatic heterocycles. The normalized spacial score (nSPS) is 14.5. The molecule has 1 fully saturated rings. The summed E-state index contributed by atoms with van der Waals surface area (Å²) in [6.45, 7) is 0. The van der Waals surface area contributed by atoms with Crippen LogP contribution >= 0.6 is 11.3 Å². The predicted molar refractivity (Wildman–Crippen MR) is 75.0 cm³/mol. The molecule has 21 heavy (non-hydrogen) atoms. The zero-order valence-electron chi connectivity index (χ0n) is 10.8. The molecule has 0 radical (unpaired) electrons. The van der Waals surface area contributed by atoms with Gasteiger partial charge in [-0.15, -0.1) is 15.3 Å². The third-order valence-corrected chi connectivity index (χ3v) is 4.13. The number of anilines is 1. The number of amides is 1. The SMILES string of the molecule is O=C(Nc1cccc(F)c1)c1nn2c(C3CC3)nnc2s1. The fraction of sp³-hybridized carbons (Fsp3) is 0.231. The van der Waals surface area contributed by atoms with E-state index in [0.717, 1.165) is 18.7 Å². The van der Waals surface area contributed by atoms with Gasteiger partial charge in [0.15, 0.2) is 5.82 Å². The first-order valence-electron chi connectivity index (χ1n) is 6.50. The minimum Gasteiger partial charge on any atom is -0.320 e. The van der Waals surface area contributed by atoms with Crippen molar-refractivity contribution in [1.82, 2.24) is 19.8 Å². The first-order chi connectivity index (χ1) is 10.2. The van der Waals surface area contributed by atoms with E-state index in [0.29, 0.717) is 16.6 Å². The Morgan fingerprint density at radius 1 is 1.38 bits per heavy atom. The topological polar surface area (TPSA) is 72.2 Å². The maximum Gasteiger partial charge on any atom is 0.286 e. The van der Waals surface area contributed by atoms with Gasteiger partial charge in [0.2, 0.25) is 9.97 Å². The molecule has 1 amide bonds. The molecule has 4 rings (SSSR count). The molecule has 0 bridgehead atoms. The van der Waals surface area contributed by atoms with Crippen LogP contribution in [0.5, 0.6) is 0 Å². The van der Waals surface area contributed by atoms with Gasteiger partial charge < -0.3 is 5.32 Å². The van der Waals surface area contributed by atoms with Crippen LogP contribution in [-0.4, -0.2) is 25.7 Å². The van der Waals surface area contributed by atoms with E-state index < -0.39 is 5.82 Å². The number of benzene rings is 1. The largest absolute Gasteiger partial charge is 0.320 e. The van der Waals surface area contributed by atoms with Crippen molar-refractivity contribution in [3.8, 4) is 0 Å². The second-order valence-electron chi connectivity index (χ2n) is 4.90. The summed E-state index contributed by atoms with van der Waals surface area (Å²) in [5.41, 5.74) is 0.397. The molecule has 1 aliphatic rings. The summed E-state index contributed by atoms with van der Waals surface area (Å²) in [5, 5.41) is 15.3. The Bertz CT molecular complexity index is 838. The maximum atomic E-state index is 13.1. The molecule has 0 atom stereocenters. The van der Waals surface area contributed by atoms with Crippen molar-refractivity contribution in [2.45, 2.75) is 18.8 Å². The average molecular weight is 303 g/mol. The summed E-state index contributed by atoms with van der Waals surface area (Å²) in [5.74, 6) is 0.437. The highest BCUT2D eigenvalue weighted by Crippen LogP contribution is 2.39. The van der Waals surface area contributed by atoms with Gasteiger partial charge in [-0.25, -0.2) is 4.39 Å². The summed E-state index contributed by atoms with van der Waals surface area (Å²) in [6.07, 6.45) is 2.17. The van der Waals surface area contributed by atoms with Gasteiger partial charge in [-0.1, -0.05) is 17.4 Å². The number of hydrogen-bond donors (Lipinski definition) is 1. The molecule has 1 N–H and O–H groups in total. The molecule has 3 aromatic rings. The number of halogens is 1. The van der Waals surface area contributed by atoms with E-state index in [2.05, 4.69) is 20.6 Å². The maximum absolute atomic E-state index is 13.1. The quantitative estimate of drug-likeness (QED) is 0.806. The molecule has 0 unspecified atom stereocenters. The van der Waals surface area contributed by atoms with Crippen LogP contribution in [0.3, 0.4) is 0 Å². The molecule has 106 valence electrons. The summed E-state index contributed by atoms with van der Waals surface area (Å²) < 4.78 is 14.7. The number of rotatable bonds is 3. The molecule has 1 aliphatic carbocycles. The second-order valence-corrected chi connectivity index (χ2v) is 5.85. The molecule has 0 saturated heterocycles. The first kappa shape index (κ1) is 12.4. The van der Waals surface area contributed by atoms with E-state index in [1.54, 1.807) is 10.6 Å². The van der Waals surface area contributed by atoms with Crippen LogP contribution in [0.15, 0.2) is 24.3 Å². The van der Waals surface area contributed by atoms with Crippen molar-refractivity contribution < 1.29 is 9.18 Å². The lowest BCUT2D eigenvalue weighted by Gasteiger charge is -2.01. The summed E-state index contributed by atoms with van der Waals surface area (Å²) >= 11 is 1.17. The van der Waals surface area contributed by atoms with Crippen LogP contribution in [0, 0.1) is 5.82 Å². The highest BCUT2D eigenvalue weighted by atomic mass is 32.1. The second kappa shape index (κ2) is 4.59. The standard InChI is InChI=1S/C13H10FN5OS/c14-8-2-1-3-9(6-8)15-11(20)12-18-19-10(7-4-5-7)16-17-13(19)21-12/h1-3,6-7H,4-5H2,(H,15,20). The molecule has 6 nitrogen and oxygen atoms in total. The van der Waals surface area contributed by atoms with Crippen LogP contribution in [0.2, 0.25) is 0 Å². The summed E-state index contributed by atoms with van der Waals surface area (Å²) in [4.78, 5) is 12.7. The van der Waals surface area contributed by atoms with E-state index >= 15 is 0 Å². The van der Waals surface area contributed by atoms with Gasteiger partial charge in [-0.05, 0) is 31.0 Å². The van der Waals surface area contributed by atoms with Crippen molar-refractivity contribution >= 4 is 27.9 Å². The molecule has 2 aromatic heterocycles. The first-order valence-corrected chi connectivity index (χ1v) is 7.31. The van der Waals surface area contributed by atoms with Crippen LogP contribution in [-0.2, 0) is 0 Å². The Hall–Kier alpha value is -2.35. The Labute approximate surface area is 122 Å². The van der Waals surface area contributed by atoms with Crippen molar-refractivity contribution in [2.75, 3.05) is 5.32 Å². The Morgan fingerprint density at radius 3 is 3.00 bits per heavy atom. The van der Waals surface area contributed by atoms with Gasteiger partial charge in [0.1, 0.15) is 5.82 Å². The Morgan fingerprint density at radius 2 is 2.24 bits per heavy atom. The van der Waals surface area contributed by atoms with Crippen molar-refractivity contribution in [2.24, 2.45) is 0 Å². The number of carbonyl (C=O) groups is 1. The minimum absolute atomic E-state index is 0.283. The van der Waals surface area contributed by atoms with E-state index in [1.807, 2.05) is 0 Å². The van der Waals surface area contributed by atoms with Gasteiger partial charge in [0.05, 0.1) is 0 Å². The minimum atomic E-state index is -0.401. The average Bonchev–Trinajstić information content (AvgIpc) is 3.07. The zero-order chi connectivity index (χ0) is 14.4. The molecule has 1 aromatic carbocycles. The van der Waals surface area contributed by atoms with Crippen molar-refractivity contribution in [1.29, 1.82) is 0 Å². The van der Waals surface area contributed by atoms with Gasteiger partial charge in [0.25, 0.3) is 5.91 Å². The molecule has 8 heteroatoms. The number of nitrogens with zero attached hydrogens (tertiary/aromatic N) is 4. The lowest BCUT2D eigenvalue weighted by molar-refractivity contribution is 0.102. The van der Waals surface area contributed by atoms with Crippen LogP contribution < -0.4 is 5.32 Å². The monoisotopic (exact) mass is 303 g/mol. The van der Waals surface area contributed by atoms with Crippen LogP contribution in [0.1, 0.15) is 34.4 Å². The predicted octanol–water partition coefficient (Wildman–Crippen LogP) is 2.45. The number of nitrogens with one attached hydrogen (secondary N) is 1. The number of aromatic nitrogens is 4. The summed E-state index contributed by atoms with van der Waals surface area (Å²) in [6, 6.07) is 5.74. The van der Waals surface area contributed by atoms with Crippen molar-refractivity contribution in [3.05, 3.63) is 40.9 Å². The highest BCUT2D eigenvalue weighted by Gasteiger charge is 2.30. The van der Waals surface area contributed by atoms with Crippen LogP contribution in [0.25, 0.3) is 4.96 Å². The summed E-state index contributed by atoms with van der Waals surface area (Å²) in [7, 11) is 0. The Balaban J connectivity index is 1.62. The smallest absolute Gasteiger partial charge is 0.286 e. The Kier molecular flexibility index (Phi) is 2.71. The fourth-order valence-corrected chi connectivity index (χ4v) is 2.81. The number of carbonyl (C=O) groups excluding carboxylic acids is 1. The van der Waals surface area contributed by atoms with Gasteiger partial charge in [-0.2, -0.15) is 4.52 Å². The zero-order valence-corrected chi connectivity index (χ0v) is 11.6. The molecular formula is C13H10FN5OS. The van der Waals surface area contributed by atoms with Gasteiger partial charge >= 0.3 is 0 Å². The molecule has 2 heterocycles. The van der Waals surface area contributed by atoms with Crippen LogP contribution in [0.4, 0.5) is 10.1 Å². The van der Waals surface area contributed by atoms with E-state index in [1.165, 1.54) is 29.5 Å². The number of fused-ring (bicyclic) bond motifs is 1. The fourth-order valence-electron chi connectivity index (χ4n) is 2.07. The van der Waals surface area contributed by atoms with Gasteiger partial charge in [-0.3, -0.25) is 4.79 Å². The third-order valence-electron chi connectivity index (χ3n) is 3.23. The van der Waals surface area contributed by atoms with E-state index in [9.17, 15) is 9.18 Å². The lowest BCUT2D eigenvalue weighted by Crippen LogP contribution is -2.12. The van der Waals surface area contributed by atoms with E-state index in [4.69, 9.17) is 0 Å². The molecular weight excluding hydrogens is 293 g/mol. The third kappa shape index (κ3) is 2.27.